The lowest BCUT2D eigenvalue weighted by Crippen LogP contribution is -2.38. The summed E-state index contributed by atoms with van der Waals surface area (Å²) in [4.78, 5) is 13.4. The van der Waals surface area contributed by atoms with Gasteiger partial charge < -0.3 is 9.52 Å². The number of carboxylic acid groups (broad SMARTS) is 1. The van der Waals surface area contributed by atoms with Gasteiger partial charge in [-0.15, -0.1) is 0 Å². The van der Waals surface area contributed by atoms with Crippen molar-refractivity contribution in [3.05, 3.63) is 23.2 Å². The van der Waals surface area contributed by atoms with Gasteiger partial charge >= 0.3 is 5.97 Å². The minimum Gasteiger partial charge on any atom is -0.475 e. The Morgan fingerprint density at radius 2 is 1.95 bits per heavy atom. The van der Waals surface area contributed by atoms with Gasteiger partial charge in [0, 0.05) is 12.1 Å². The van der Waals surface area contributed by atoms with Gasteiger partial charge in [-0.2, -0.15) is 0 Å². The third-order valence-electron chi connectivity index (χ3n) is 5.21. The van der Waals surface area contributed by atoms with E-state index in [1.165, 1.54) is 38.5 Å². The summed E-state index contributed by atoms with van der Waals surface area (Å²) in [5.41, 5.74) is 1.65. The number of likely N-dealkylation sites (tertiary alicyclic amines) is 1. The first-order chi connectivity index (χ1) is 9.58. The summed E-state index contributed by atoms with van der Waals surface area (Å²) in [5.74, 6) is -0.187. The fourth-order valence-electron chi connectivity index (χ4n) is 3.83. The van der Waals surface area contributed by atoms with Crippen LogP contribution in [0.15, 0.2) is 10.5 Å². The lowest BCUT2D eigenvalue weighted by molar-refractivity contribution is 0.0661. The summed E-state index contributed by atoms with van der Waals surface area (Å²) in [7, 11) is 0. The van der Waals surface area contributed by atoms with Crippen LogP contribution in [0.3, 0.4) is 0 Å². The fraction of sp³-hybridized carbons (Fsp3) is 0.688. The van der Waals surface area contributed by atoms with Gasteiger partial charge in [-0.1, -0.05) is 12.8 Å². The molecule has 110 valence electrons. The normalized spacial score (nSPS) is 22.4. The molecule has 1 aliphatic heterocycles. The zero-order valence-electron chi connectivity index (χ0n) is 12.2. The molecule has 1 aromatic heterocycles. The Morgan fingerprint density at radius 1 is 1.30 bits per heavy atom. The monoisotopic (exact) mass is 277 g/mol. The maximum atomic E-state index is 10.9. The Labute approximate surface area is 119 Å². The van der Waals surface area contributed by atoms with Crippen LogP contribution in [-0.2, 0) is 6.54 Å². The molecular weight excluding hydrogens is 254 g/mol. The first kappa shape index (κ1) is 13.7. The maximum absolute atomic E-state index is 10.9. The number of nitrogens with zero attached hydrogens (tertiary/aromatic N) is 1. The Balaban J connectivity index is 1.60. The number of carboxylic acids is 1. The molecule has 20 heavy (non-hydrogen) atoms. The number of furan rings is 1. The van der Waals surface area contributed by atoms with E-state index in [9.17, 15) is 4.79 Å². The van der Waals surface area contributed by atoms with Crippen LogP contribution >= 0.6 is 0 Å². The van der Waals surface area contributed by atoms with Gasteiger partial charge in [-0.25, -0.2) is 4.79 Å². The van der Waals surface area contributed by atoms with Crippen molar-refractivity contribution >= 4 is 5.97 Å². The van der Waals surface area contributed by atoms with Crippen LogP contribution < -0.4 is 0 Å². The quantitative estimate of drug-likeness (QED) is 0.919. The van der Waals surface area contributed by atoms with Crippen LogP contribution in [0, 0.1) is 12.3 Å². The molecule has 1 N–H and O–H groups in total. The van der Waals surface area contributed by atoms with Crippen molar-refractivity contribution in [2.24, 2.45) is 5.41 Å². The first-order valence-corrected chi connectivity index (χ1v) is 7.63. The van der Waals surface area contributed by atoms with E-state index in [0.717, 1.165) is 31.0 Å². The molecule has 2 heterocycles. The van der Waals surface area contributed by atoms with Crippen LogP contribution in [0.5, 0.6) is 0 Å². The number of rotatable bonds is 3. The highest BCUT2D eigenvalue weighted by molar-refractivity contribution is 5.84. The van der Waals surface area contributed by atoms with Crippen molar-refractivity contribution in [1.29, 1.82) is 0 Å². The van der Waals surface area contributed by atoms with Gasteiger partial charge in [0.05, 0.1) is 0 Å². The van der Waals surface area contributed by atoms with Crippen molar-refractivity contribution in [1.82, 2.24) is 4.90 Å². The van der Waals surface area contributed by atoms with Gasteiger partial charge in [0.15, 0.2) is 0 Å². The van der Waals surface area contributed by atoms with E-state index in [0.29, 0.717) is 5.41 Å². The van der Waals surface area contributed by atoms with E-state index in [2.05, 4.69) is 4.90 Å². The van der Waals surface area contributed by atoms with Crippen molar-refractivity contribution in [2.75, 3.05) is 13.1 Å². The standard InChI is InChI=1S/C16H23NO3/c1-12-13(10-14(20-12)15(18)19)11-17-8-6-16(7-9-17)4-2-3-5-16/h10H,2-9,11H2,1H3,(H,18,19). The summed E-state index contributed by atoms with van der Waals surface area (Å²) in [6.45, 7) is 4.93. The van der Waals surface area contributed by atoms with E-state index in [4.69, 9.17) is 9.52 Å². The van der Waals surface area contributed by atoms with Gasteiger partial charge in [0.1, 0.15) is 5.76 Å². The van der Waals surface area contributed by atoms with Crippen LogP contribution in [0.1, 0.15) is 60.4 Å². The van der Waals surface area contributed by atoms with Crippen LogP contribution in [0.2, 0.25) is 0 Å². The summed E-state index contributed by atoms with van der Waals surface area (Å²) < 4.78 is 5.28. The molecule has 2 fully saturated rings. The summed E-state index contributed by atoms with van der Waals surface area (Å²) >= 11 is 0. The van der Waals surface area contributed by atoms with Crippen molar-refractivity contribution in [3.63, 3.8) is 0 Å². The smallest absolute Gasteiger partial charge is 0.371 e. The SMILES string of the molecule is Cc1oc(C(=O)O)cc1CN1CCC2(CCCC2)CC1. The van der Waals surface area contributed by atoms with Crippen LogP contribution in [0.25, 0.3) is 0 Å². The molecule has 0 amide bonds. The highest BCUT2D eigenvalue weighted by atomic mass is 16.4. The minimum atomic E-state index is -0.983. The number of hydrogen-bond acceptors (Lipinski definition) is 3. The Hall–Kier alpha value is -1.29. The van der Waals surface area contributed by atoms with Crippen molar-refractivity contribution in [3.8, 4) is 0 Å². The Kier molecular flexibility index (Phi) is 3.59. The van der Waals surface area contributed by atoms with E-state index < -0.39 is 5.97 Å². The average Bonchev–Trinajstić information content (AvgIpc) is 3.01. The molecule has 0 atom stereocenters. The Bertz CT molecular complexity index is 490. The molecule has 0 aromatic carbocycles. The molecule has 1 saturated heterocycles. The third kappa shape index (κ3) is 2.62. The summed E-state index contributed by atoms with van der Waals surface area (Å²) in [5, 5.41) is 8.96. The number of piperidine rings is 1. The summed E-state index contributed by atoms with van der Waals surface area (Å²) in [6.07, 6.45) is 8.24. The number of aryl methyl sites for hydroxylation is 1. The zero-order valence-corrected chi connectivity index (χ0v) is 12.2. The van der Waals surface area contributed by atoms with E-state index in [-0.39, 0.29) is 5.76 Å². The number of aromatic carboxylic acids is 1. The van der Waals surface area contributed by atoms with Crippen molar-refractivity contribution in [2.45, 2.75) is 52.0 Å². The highest BCUT2D eigenvalue weighted by Crippen LogP contribution is 2.46. The van der Waals surface area contributed by atoms with Gasteiger partial charge in [-0.05, 0) is 57.2 Å². The molecule has 4 heteroatoms. The third-order valence-corrected chi connectivity index (χ3v) is 5.21. The molecule has 3 rings (SSSR count). The van der Waals surface area contributed by atoms with Gasteiger partial charge in [0.25, 0.3) is 0 Å². The van der Waals surface area contributed by atoms with Gasteiger partial charge in [-0.3, -0.25) is 4.90 Å². The largest absolute Gasteiger partial charge is 0.475 e. The molecule has 4 nitrogen and oxygen atoms in total. The van der Waals surface area contributed by atoms with Crippen LogP contribution in [0.4, 0.5) is 0 Å². The summed E-state index contributed by atoms with van der Waals surface area (Å²) in [6, 6.07) is 1.68. The second kappa shape index (κ2) is 5.24. The number of hydrogen-bond donors (Lipinski definition) is 1. The molecule has 1 aromatic rings. The molecule has 1 saturated carbocycles. The molecular formula is C16H23NO3. The second-order valence-corrected chi connectivity index (χ2v) is 6.48. The number of carbonyl (C=O) groups is 1. The zero-order chi connectivity index (χ0) is 14.2. The predicted molar refractivity (Wildman–Crippen MR) is 75.8 cm³/mol. The minimum absolute atomic E-state index is 0.0572. The van der Waals surface area contributed by atoms with Crippen molar-refractivity contribution < 1.29 is 14.3 Å². The molecule has 1 spiro atoms. The maximum Gasteiger partial charge on any atom is 0.371 e. The molecule has 1 aliphatic carbocycles. The first-order valence-electron chi connectivity index (χ1n) is 7.63. The average molecular weight is 277 g/mol. The fourth-order valence-corrected chi connectivity index (χ4v) is 3.83. The van der Waals surface area contributed by atoms with E-state index in [1.807, 2.05) is 6.92 Å². The Morgan fingerprint density at radius 3 is 2.50 bits per heavy atom. The lowest BCUT2D eigenvalue weighted by atomic mass is 9.77. The topological polar surface area (TPSA) is 53.7 Å². The molecule has 0 radical (unpaired) electrons. The lowest BCUT2D eigenvalue weighted by Gasteiger charge is -2.39. The predicted octanol–water partition coefficient (Wildman–Crippen LogP) is 3.44. The van der Waals surface area contributed by atoms with E-state index in [1.54, 1.807) is 6.07 Å². The second-order valence-electron chi connectivity index (χ2n) is 6.48. The molecule has 0 bridgehead atoms. The molecule has 2 aliphatic rings. The van der Waals surface area contributed by atoms with Gasteiger partial charge in [0.2, 0.25) is 5.76 Å². The van der Waals surface area contributed by atoms with E-state index >= 15 is 0 Å². The van der Waals surface area contributed by atoms with Crippen LogP contribution in [-0.4, -0.2) is 29.1 Å². The highest BCUT2D eigenvalue weighted by Gasteiger charge is 2.36. The molecule has 0 unspecified atom stereocenters.